The fourth-order valence-electron chi connectivity index (χ4n) is 2.05. The molecule has 0 amide bonds. The summed E-state index contributed by atoms with van der Waals surface area (Å²) in [6.07, 6.45) is 0. The molecule has 0 saturated carbocycles. The fourth-order valence-corrected chi connectivity index (χ4v) is 2.87. The summed E-state index contributed by atoms with van der Waals surface area (Å²) in [6.45, 7) is 1.68. The van der Waals surface area contributed by atoms with E-state index in [9.17, 15) is 9.36 Å². The molecule has 2 aromatic rings. The second-order valence-electron chi connectivity index (χ2n) is 4.57. The predicted molar refractivity (Wildman–Crippen MR) is 83.9 cm³/mol. The van der Waals surface area contributed by atoms with Gasteiger partial charge in [-0.05, 0) is 29.8 Å². The Balaban J connectivity index is 2.39. The van der Waals surface area contributed by atoms with Gasteiger partial charge in [-0.1, -0.05) is 30.3 Å². The standard InChI is InChI=1S/C14H18N3O3P/c1-2-20-14(18)10-17(21(15,16)19)13-8-7-11-5-3-4-6-12(11)9-13/h3-9H,2,10H2,1H3,(H4,15,16,19). The first-order valence-electron chi connectivity index (χ1n) is 6.51. The Morgan fingerprint density at radius 1 is 1.19 bits per heavy atom. The van der Waals surface area contributed by atoms with Crippen molar-refractivity contribution in [3.05, 3.63) is 42.5 Å². The van der Waals surface area contributed by atoms with Gasteiger partial charge in [-0.25, -0.2) is 0 Å². The lowest BCUT2D eigenvalue weighted by atomic mass is 10.1. The molecule has 2 rings (SSSR count). The molecule has 0 atom stereocenters. The number of hydrogen-bond donors (Lipinski definition) is 2. The van der Waals surface area contributed by atoms with Gasteiger partial charge in [-0.2, -0.15) is 0 Å². The van der Waals surface area contributed by atoms with E-state index in [0.717, 1.165) is 10.8 Å². The van der Waals surface area contributed by atoms with E-state index in [4.69, 9.17) is 15.7 Å². The number of fused-ring (bicyclic) bond motifs is 1. The van der Waals surface area contributed by atoms with Gasteiger partial charge in [0.15, 0.2) is 0 Å². The smallest absolute Gasteiger partial charge is 0.326 e. The lowest BCUT2D eigenvalue weighted by molar-refractivity contribution is -0.141. The van der Waals surface area contributed by atoms with E-state index in [2.05, 4.69) is 0 Å². The second-order valence-corrected chi connectivity index (χ2v) is 6.39. The van der Waals surface area contributed by atoms with E-state index in [1.807, 2.05) is 30.3 Å². The van der Waals surface area contributed by atoms with Crippen molar-refractivity contribution in [3.8, 4) is 0 Å². The van der Waals surface area contributed by atoms with Gasteiger partial charge < -0.3 is 4.74 Å². The van der Waals surface area contributed by atoms with Crippen LogP contribution in [0.3, 0.4) is 0 Å². The minimum atomic E-state index is -3.62. The highest BCUT2D eigenvalue weighted by Crippen LogP contribution is 2.38. The monoisotopic (exact) mass is 307 g/mol. The van der Waals surface area contributed by atoms with Crippen LogP contribution in [0.5, 0.6) is 0 Å². The van der Waals surface area contributed by atoms with Crippen molar-refractivity contribution >= 4 is 30.0 Å². The number of rotatable bonds is 5. The SMILES string of the molecule is CCOC(=O)CN(c1ccc2ccccc2c1)P(N)(N)=O. The lowest BCUT2D eigenvalue weighted by Crippen LogP contribution is -2.34. The molecule has 21 heavy (non-hydrogen) atoms. The summed E-state index contributed by atoms with van der Waals surface area (Å²) >= 11 is 0. The average molecular weight is 307 g/mol. The Labute approximate surface area is 123 Å². The number of ether oxygens (including phenoxy) is 1. The van der Waals surface area contributed by atoms with Crippen molar-refractivity contribution in [2.75, 3.05) is 17.8 Å². The molecule has 0 aromatic heterocycles. The molecule has 4 N–H and O–H groups in total. The Kier molecular flexibility index (Phi) is 4.63. The number of nitrogens with zero attached hydrogens (tertiary/aromatic N) is 1. The number of nitrogens with two attached hydrogens (primary N) is 2. The Bertz CT molecular complexity index is 699. The minimum absolute atomic E-state index is 0.240. The molecule has 2 aromatic carbocycles. The van der Waals surface area contributed by atoms with Crippen LogP contribution in [0.4, 0.5) is 5.69 Å². The predicted octanol–water partition coefficient (Wildman–Crippen LogP) is 2.23. The largest absolute Gasteiger partial charge is 0.465 e. The Morgan fingerprint density at radius 2 is 1.86 bits per heavy atom. The summed E-state index contributed by atoms with van der Waals surface area (Å²) in [7, 11) is -3.62. The molecule has 0 heterocycles. The van der Waals surface area contributed by atoms with Gasteiger partial charge in [0.25, 0.3) is 0 Å². The normalized spacial score (nSPS) is 11.4. The lowest BCUT2D eigenvalue weighted by Gasteiger charge is -2.26. The van der Waals surface area contributed by atoms with Crippen LogP contribution < -0.4 is 15.7 Å². The summed E-state index contributed by atoms with van der Waals surface area (Å²) in [6, 6.07) is 13.1. The van der Waals surface area contributed by atoms with Crippen LogP contribution in [0, 0.1) is 0 Å². The van der Waals surface area contributed by atoms with Gasteiger partial charge in [0.2, 0.25) is 0 Å². The topological polar surface area (TPSA) is 98.7 Å². The van der Waals surface area contributed by atoms with E-state index < -0.39 is 13.6 Å². The zero-order valence-electron chi connectivity index (χ0n) is 11.7. The van der Waals surface area contributed by atoms with E-state index in [0.29, 0.717) is 5.69 Å². The van der Waals surface area contributed by atoms with Gasteiger partial charge >= 0.3 is 13.6 Å². The van der Waals surface area contributed by atoms with Crippen molar-refractivity contribution in [1.29, 1.82) is 0 Å². The first-order valence-corrected chi connectivity index (χ1v) is 8.31. The molecule has 0 spiro atoms. The highest BCUT2D eigenvalue weighted by Gasteiger charge is 2.25. The summed E-state index contributed by atoms with van der Waals surface area (Å²) in [5.74, 6) is -0.526. The Morgan fingerprint density at radius 3 is 2.48 bits per heavy atom. The number of benzene rings is 2. The quantitative estimate of drug-likeness (QED) is 0.649. The third-order valence-electron chi connectivity index (χ3n) is 2.99. The molecule has 0 aliphatic carbocycles. The van der Waals surface area contributed by atoms with Crippen LogP contribution in [0.25, 0.3) is 10.8 Å². The maximum Gasteiger partial charge on any atom is 0.326 e. The highest BCUT2D eigenvalue weighted by atomic mass is 31.2. The number of esters is 1. The number of carbonyl (C=O) groups is 1. The van der Waals surface area contributed by atoms with Gasteiger partial charge in [0.05, 0.1) is 6.61 Å². The first kappa shape index (κ1) is 15.5. The summed E-state index contributed by atoms with van der Waals surface area (Å²) in [5.41, 5.74) is 11.6. The maximum atomic E-state index is 12.1. The number of hydrogen-bond acceptors (Lipinski definition) is 3. The summed E-state index contributed by atoms with van der Waals surface area (Å²) in [5, 5.41) is 1.97. The molecular weight excluding hydrogens is 289 g/mol. The summed E-state index contributed by atoms with van der Waals surface area (Å²) in [4.78, 5) is 11.6. The molecular formula is C14H18N3O3P. The Hall–Kier alpha value is -1.88. The second kappa shape index (κ2) is 6.26. The molecule has 7 heteroatoms. The van der Waals surface area contributed by atoms with Gasteiger partial charge in [0, 0.05) is 5.69 Å². The van der Waals surface area contributed by atoms with Crippen LogP contribution in [-0.2, 0) is 14.1 Å². The van der Waals surface area contributed by atoms with Crippen molar-refractivity contribution in [2.45, 2.75) is 6.92 Å². The molecule has 0 unspecified atom stereocenters. The van der Waals surface area contributed by atoms with Crippen molar-refractivity contribution in [1.82, 2.24) is 0 Å². The molecule has 112 valence electrons. The molecule has 0 fully saturated rings. The molecule has 0 radical (unpaired) electrons. The van der Waals surface area contributed by atoms with Gasteiger partial charge in [-0.3, -0.25) is 25.0 Å². The number of anilines is 1. The zero-order valence-corrected chi connectivity index (χ0v) is 12.6. The molecule has 6 nitrogen and oxygen atoms in total. The van der Waals surface area contributed by atoms with E-state index in [-0.39, 0.29) is 13.2 Å². The van der Waals surface area contributed by atoms with Crippen LogP contribution in [-0.4, -0.2) is 19.1 Å². The molecule has 0 aliphatic rings. The van der Waals surface area contributed by atoms with Crippen molar-refractivity contribution in [3.63, 3.8) is 0 Å². The summed E-state index contributed by atoms with van der Waals surface area (Å²) < 4.78 is 18.1. The van der Waals surface area contributed by atoms with Crippen LogP contribution in [0.2, 0.25) is 0 Å². The minimum Gasteiger partial charge on any atom is -0.465 e. The maximum absolute atomic E-state index is 12.1. The van der Waals surface area contributed by atoms with Gasteiger partial charge in [0.1, 0.15) is 6.54 Å². The first-order chi connectivity index (χ1) is 9.91. The van der Waals surface area contributed by atoms with E-state index >= 15 is 0 Å². The molecule has 0 bridgehead atoms. The number of carbonyl (C=O) groups excluding carboxylic acids is 1. The average Bonchev–Trinajstić information content (AvgIpc) is 2.43. The van der Waals surface area contributed by atoms with Crippen LogP contribution >= 0.6 is 7.59 Å². The van der Waals surface area contributed by atoms with Crippen LogP contribution in [0.1, 0.15) is 6.92 Å². The zero-order chi connectivity index (χ0) is 15.5. The van der Waals surface area contributed by atoms with E-state index in [1.54, 1.807) is 19.1 Å². The van der Waals surface area contributed by atoms with Crippen molar-refractivity contribution in [2.24, 2.45) is 11.0 Å². The fraction of sp³-hybridized carbons (Fsp3) is 0.214. The molecule has 0 saturated heterocycles. The van der Waals surface area contributed by atoms with Crippen molar-refractivity contribution < 1.29 is 14.1 Å². The third-order valence-corrected chi connectivity index (χ3v) is 4.12. The molecule has 0 aliphatic heterocycles. The highest BCUT2D eigenvalue weighted by molar-refractivity contribution is 7.60. The van der Waals surface area contributed by atoms with Crippen LogP contribution in [0.15, 0.2) is 42.5 Å². The van der Waals surface area contributed by atoms with E-state index in [1.165, 1.54) is 4.67 Å². The van der Waals surface area contributed by atoms with Gasteiger partial charge in [-0.15, -0.1) is 0 Å². The third kappa shape index (κ3) is 3.82.